The third kappa shape index (κ3) is 4.66. The molecule has 0 saturated heterocycles. The Hall–Kier alpha value is -3.14. The van der Waals surface area contributed by atoms with Crippen LogP contribution in [0.15, 0.2) is 36.7 Å². The van der Waals surface area contributed by atoms with Crippen molar-refractivity contribution >= 4 is 37.7 Å². The number of hydrogen-bond donors (Lipinski definition) is 1. The van der Waals surface area contributed by atoms with Crippen LogP contribution in [0.2, 0.25) is 0 Å². The minimum atomic E-state index is -2.91. The molecule has 1 N–H and O–H groups in total. The molecule has 33 heavy (non-hydrogen) atoms. The highest BCUT2D eigenvalue weighted by Crippen LogP contribution is 2.34. The van der Waals surface area contributed by atoms with E-state index in [0.717, 1.165) is 11.6 Å². The Labute approximate surface area is 189 Å². The monoisotopic (exact) mass is 476 g/mol. The van der Waals surface area contributed by atoms with E-state index in [1.807, 2.05) is 6.08 Å². The summed E-state index contributed by atoms with van der Waals surface area (Å²) in [4.78, 5) is 13.1. The molecule has 1 aliphatic rings. The second-order valence-electron chi connectivity index (χ2n) is 7.87. The van der Waals surface area contributed by atoms with Crippen LogP contribution in [0.3, 0.4) is 0 Å². The van der Waals surface area contributed by atoms with E-state index in [1.54, 1.807) is 13.0 Å². The zero-order valence-electron chi connectivity index (χ0n) is 18.1. The molecule has 0 aliphatic carbocycles. The minimum absolute atomic E-state index is 0.0982. The Morgan fingerprint density at radius 1 is 1.24 bits per heavy atom. The average Bonchev–Trinajstić information content (AvgIpc) is 2.78. The molecule has 2 aromatic heterocycles. The second kappa shape index (κ2) is 9.01. The number of hydrogen-bond acceptors (Lipinski definition) is 6. The predicted molar refractivity (Wildman–Crippen MR) is 125 cm³/mol. The van der Waals surface area contributed by atoms with E-state index in [0.29, 0.717) is 40.3 Å². The van der Waals surface area contributed by atoms with Crippen molar-refractivity contribution in [3.8, 4) is 5.88 Å². The smallest absolute Gasteiger partial charge is 0.266 e. The Morgan fingerprint density at radius 3 is 2.67 bits per heavy atom. The van der Waals surface area contributed by atoms with Gasteiger partial charge >= 0.3 is 0 Å². The first-order chi connectivity index (χ1) is 15.7. The lowest BCUT2D eigenvalue weighted by Crippen LogP contribution is -2.15. The van der Waals surface area contributed by atoms with Crippen LogP contribution in [0.5, 0.6) is 5.88 Å². The highest BCUT2D eigenvalue weighted by molar-refractivity contribution is 8.00. The van der Waals surface area contributed by atoms with Gasteiger partial charge in [-0.15, -0.1) is 0 Å². The summed E-state index contributed by atoms with van der Waals surface area (Å²) in [5.41, 5.74) is 1.45. The van der Waals surface area contributed by atoms with Gasteiger partial charge < -0.3 is 10.1 Å². The topological polar surface area (TPSA) is 77.0 Å². The van der Waals surface area contributed by atoms with Crippen molar-refractivity contribution in [3.63, 3.8) is 0 Å². The number of allylic oxidation sites excluding steroid dienone is 1. The molecule has 0 spiro atoms. The molecule has 4 rings (SSSR count). The third-order valence-electron chi connectivity index (χ3n) is 5.60. The van der Waals surface area contributed by atoms with Gasteiger partial charge in [0.05, 0.1) is 29.8 Å². The van der Waals surface area contributed by atoms with E-state index >= 15 is 0 Å². The summed E-state index contributed by atoms with van der Waals surface area (Å²) in [5.74, 6) is 4.33. The fourth-order valence-corrected chi connectivity index (χ4v) is 5.04. The summed E-state index contributed by atoms with van der Waals surface area (Å²) in [6.45, 7) is 1.66. The van der Waals surface area contributed by atoms with E-state index in [4.69, 9.17) is 4.74 Å². The van der Waals surface area contributed by atoms with E-state index in [-0.39, 0.29) is 11.4 Å². The molecule has 0 saturated carbocycles. The number of fused-ring (bicyclic) bond motifs is 1. The number of ether oxygens (including phenoxy) is 1. The van der Waals surface area contributed by atoms with Crippen LogP contribution in [-0.2, 0) is 9.52 Å². The molecule has 0 bridgehead atoms. The fraction of sp³-hybridized carbons (Fsp3) is 0.304. The highest BCUT2D eigenvalue weighted by atomic mass is 32.2. The van der Waals surface area contributed by atoms with Crippen LogP contribution in [0, 0.1) is 5.82 Å². The average molecular weight is 477 g/mol. The van der Waals surface area contributed by atoms with Gasteiger partial charge in [0, 0.05) is 17.1 Å². The van der Waals surface area contributed by atoms with Crippen molar-refractivity contribution in [1.82, 2.24) is 15.0 Å². The second-order valence-corrected chi connectivity index (χ2v) is 10.5. The zero-order valence-corrected chi connectivity index (χ0v) is 19.0. The summed E-state index contributed by atoms with van der Waals surface area (Å²) in [6.07, 6.45) is 0.844. The van der Waals surface area contributed by atoms with Gasteiger partial charge in [-0.3, -0.25) is 4.21 Å². The number of alkyl halides is 2. The molecule has 1 aliphatic heterocycles. The van der Waals surface area contributed by atoms with Crippen LogP contribution < -0.4 is 10.1 Å². The Kier molecular flexibility index (Phi) is 6.29. The third-order valence-corrected chi connectivity index (χ3v) is 7.32. The Bertz CT molecular complexity index is 1340. The number of aromatic nitrogens is 3. The first kappa shape index (κ1) is 23.0. The zero-order chi connectivity index (χ0) is 23.8. The molecule has 3 heterocycles. The summed E-state index contributed by atoms with van der Waals surface area (Å²) >= 11 is 0. The first-order valence-electron chi connectivity index (χ1n) is 10.2. The molecule has 0 amide bonds. The van der Waals surface area contributed by atoms with Crippen molar-refractivity contribution in [2.75, 3.05) is 23.9 Å². The van der Waals surface area contributed by atoms with Crippen LogP contribution in [0.25, 0.3) is 16.5 Å². The normalized spacial score (nSPS) is 19.4. The number of pyridine rings is 1. The van der Waals surface area contributed by atoms with Crippen molar-refractivity contribution in [1.29, 1.82) is 0 Å². The number of anilines is 1. The van der Waals surface area contributed by atoms with Crippen molar-refractivity contribution < 1.29 is 22.1 Å². The van der Waals surface area contributed by atoms with Gasteiger partial charge in [0.25, 0.3) is 6.43 Å². The molecule has 0 fully saturated rings. The molecule has 1 aromatic carbocycles. The first-order valence-corrected chi connectivity index (χ1v) is 12.3. The maximum Gasteiger partial charge on any atom is 0.266 e. The number of halogens is 3. The quantitative estimate of drug-likeness (QED) is 0.516. The van der Waals surface area contributed by atoms with Crippen molar-refractivity contribution in [2.45, 2.75) is 25.8 Å². The highest BCUT2D eigenvalue weighted by Gasteiger charge is 2.22. The summed E-state index contributed by atoms with van der Waals surface area (Å²) in [7, 11) is -0.633. The minimum Gasteiger partial charge on any atom is -0.479 e. The van der Waals surface area contributed by atoms with Gasteiger partial charge in [-0.25, -0.2) is 28.1 Å². The standard InChI is InChI=1S/C23H23F3N4O2S/c1-13(15-5-4-6-16(19(15)24)21(25)26)29-22-17-11-18(14-7-9-33(3,31)10-8-14)30-23(32-2)20(17)27-12-28-22/h4-7,11-13,21H,3,8-10H2,1-2H3,(H,27,28,29)/t13-,33?/m1/s1. The SMILES string of the molecule is C=S1(=O)CC=C(c2cc3c(N[C@H](C)c4cccc(C(F)F)c4F)ncnc3c(OC)n2)CC1. The van der Waals surface area contributed by atoms with Gasteiger partial charge in [-0.1, -0.05) is 24.3 Å². The summed E-state index contributed by atoms with van der Waals surface area (Å²) in [5, 5.41) is 3.69. The number of nitrogens with one attached hydrogen (secondary N) is 1. The largest absolute Gasteiger partial charge is 0.479 e. The lowest BCUT2D eigenvalue weighted by molar-refractivity contribution is 0.146. The number of benzene rings is 1. The van der Waals surface area contributed by atoms with Crippen LogP contribution in [0.1, 0.15) is 42.6 Å². The summed E-state index contributed by atoms with van der Waals surface area (Å²) in [6, 6.07) is 5.06. The van der Waals surface area contributed by atoms with Gasteiger partial charge in [0.1, 0.15) is 23.5 Å². The maximum atomic E-state index is 14.7. The summed E-state index contributed by atoms with van der Waals surface area (Å²) < 4.78 is 58.6. The molecule has 10 heteroatoms. The Morgan fingerprint density at radius 2 is 2.00 bits per heavy atom. The molecule has 6 nitrogen and oxygen atoms in total. The van der Waals surface area contributed by atoms with E-state index in [9.17, 15) is 17.4 Å². The van der Waals surface area contributed by atoms with Crippen LogP contribution in [0.4, 0.5) is 19.0 Å². The lowest BCUT2D eigenvalue weighted by atomic mass is 10.0. The van der Waals surface area contributed by atoms with Crippen LogP contribution >= 0.6 is 0 Å². The molecule has 2 atom stereocenters. The number of methoxy groups -OCH3 is 1. The number of nitrogens with zero attached hydrogens (tertiary/aromatic N) is 3. The van der Waals surface area contributed by atoms with Crippen molar-refractivity contribution in [2.24, 2.45) is 0 Å². The van der Waals surface area contributed by atoms with Crippen LogP contribution in [-0.4, -0.2) is 43.6 Å². The van der Waals surface area contributed by atoms with Gasteiger partial charge in [0.2, 0.25) is 5.88 Å². The fourth-order valence-electron chi connectivity index (χ4n) is 3.78. The maximum absolute atomic E-state index is 14.7. The van der Waals surface area contributed by atoms with E-state index in [2.05, 4.69) is 26.1 Å². The van der Waals surface area contributed by atoms with Gasteiger partial charge in [-0.05, 0) is 40.4 Å². The van der Waals surface area contributed by atoms with Crippen molar-refractivity contribution in [3.05, 3.63) is 59.3 Å². The number of rotatable bonds is 6. The molecular weight excluding hydrogens is 453 g/mol. The molecule has 0 radical (unpaired) electrons. The van der Waals surface area contributed by atoms with E-state index < -0.39 is 33.4 Å². The Balaban J connectivity index is 1.76. The molecule has 174 valence electrons. The lowest BCUT2D eigenvalue weighted by Gasteiger charge is -2.20. The van der Waals surface area contributed by atoms with E-state index in [1.165, 1.54) is 25.6 Å². The molecular formula is C23H23F3N4O2S. The predicted octanol–water partition coefficient (Wildman–Crippen LogP) is 4.79. The molecule has 3 aromatic rings. The van der Waals surface area contributed by atoms with Gasteiger partial charge in [0.15, 0.2) is 0 Å². The molecule has 1 unspecified atom stereocenters. The van der Waals surface area contributed by atoms with Gasteiger partial charge in [-0.2, -0.15) is 0 Å².